The van der Waals surface area contributed by atoms with E-state index in [0.29, 0.717) is 23.0 Å². The van der Waals surface area contributed by atoms with Gasteiger partial charge in [-0.05, 0) is 36.2 Å². The Morgan fingerprint density at radius 1 is 0.957 bits per heavy atom. The Labute approximate surface area is 132 Å². The van der Waals surface area contributed by atoms with Crippen LogP contribution in [-0.4, -0.2) is 11.3 Å². The molecule has 23 heavy (non-hydrogen) atoms. The van der Waals surface area contributed by atoms with Crippen LogP contribution in [0.5, 0.6) is 0 Å². The van der Waals surface area contributed by atoms with Gasteiger partial charge in [-0.1, -0.05) is 30.3 Å². The van der Waals surface area contributed by atoms with Crippen LogP contribution in [0.1, 0.15) is 15.9 Å². The molecule has 1 heterocycles. The maximum Gasteiger partial charge on any atom is 0.157 e. The van der Waals surface area contributed by atoms with Crippen LogP contribution >= 0.6 is 0 Å². The van der Waals surface area contributed by atoms with Crippen molar-refractivity contribution in [3.63, 3.8) is 0 Å². The number of carbonyl (C=O) groups excluding carboxylic acids is 1. The van der Waals surface area contributed by atoms with Gasteiger partial charge in [-0.25, -0.2) is 8.78 Å². The van der Waals surface area contributed by atoms with Crippen molar-refractivity contribution >= 4 is 6.29 Å². The molecule has 4 heteroatoms. The first-order valence-corrected chi connectivity index (χ1v) is 7.07. The third-order valence-electron chi connectivity index (χ3n) is 3.60. The fraction of sp³-hybridized carbons (Fsp3) is 0.0526. The van der Waals surface area contributed by atoms with Crippen molar-refractivity contribution in [2.24, 2.45) is 0 Å². The second kappa shape index (κ2) is 6.08. The molecule has 0 fully saturated rings. The lowest BCUT2D eigenvalue weighted by molar-refractivity contribution is 0.112. The van der Waals surface area contributed by atoms with Crippen LogP contribution in [0, 0.1) is 18.6 Å². The topological polar surface area (TPSA) is 30.0 Å². The van der Waals surface area contributed by atoms with Gasteiger partial charge >= 0.3 is 0 Å². The van der Waals surface area contributed by atoms with E-state index in [-0.39, 0.29) is 16.8 Å². The monoisotopic (exact) mass is 309 g/mol. The number of aryl methyl sites for hydroxylation is 1. The third kappa shape index (κ3) is 2.75. The average Bonchev–Trinajstić information content (AvgIpc) is 2.58. The van der Waals surface area contributed by atoms with Crippen LogP contribution in [0.4, 0.5) is 8.78 Å². The van der Waals surface area contributed by atoms with E-state index in [1.54, 1.807) is 37.3 Å². The minimum atomic E-state index is -0.762. The maximum absolute atomic E-state index is 14.9. The zero-order chi connectivity index (χ0) is 16.4. The number of halogens is 2. The van der Waals surface area contributed by atoms with Crippen molar-refractivity contribution in [3.8, 4) is 22.4 Å². The first-order chi connectivity index (χ1) is 11.1. The summed E-state index contributed by atoms with van der Waals surface area (Å²) in [6.45, 7) is 1.72. The number of rotatable bonds is 3. The highest BCUT2D eigenvalue weighted by Crippen LogP contribution is 2.31. The molecule has 0 radical (unpaired) electrons. The maximum atomic E-state index is 14.9. The zero-order valence-corrected chi connectivity index (χ0v) is 12.4. The molecule has 0 unspecified atom stereocenters. The summed E-state index contributed by atoms with van der Waals surface area (Å²) in [6, 6.07) is 13.4. The standard InChI is InChI=1S/C19H13F2NO/c1-12-9-14(11-23)17(20)16(10-12)19-18(21)15(7-8-22-19)13-5-3-2-4-6-13/h2-11H,1H3. The van der Waals surface area contributed by atoms with Gasteiger partial charge < -0.3 is 0 Å². The predicted octanol–water partition coefficient (Wildman–Crippen LogP) is 4.81. The molecule has 0 atom stereocenters. The molecular formula is C19H13F2NO. The zero-order valence-electron chi connectivity index (χ0n) is 12.4. The summed E-state index contributed by atoms with van der Waals surface area (Å²) in [7, 11) is 0. The summed E-state index contributed by atoms with van der Waals surface area (Å²) < 4.78 is 29.3. The first-order valence-electron chi connectivity index (χ1n) is 7.07. The number of aldehydes is 1. The highest BCUT2D eigenvalue weighted by molar-refractivity contribution is 5.81. The molecular weight excluding hydrogens is 296 g/mol. The van der Waals surface area contributed by atoms with Crippen molar-refractivity contribution in [2.45, 2.75) is 6.92 Å². The molecule has 3 aromatic rings. The number of benzene rings is 2. The summed E-state index contributed by atoms with van der Waals surface area (Å²) in [5.74, 6) is -1.37. The molecule has 0 saturated heterocycles. The Bertz CT molecular complexity index is 876. The van der Waals surface area contributed by atoms with E-state index in [4.69, 9.17) is 0 Å². The van der Waals surface area contributed by atoms with Crippen molar-refractivity contribution in [2.75, 3.05) is 0 Å². The van der Waals surface area contributed by atoms with E-state index < -0.39 is 11.6 Å². The average molecular weight is 309 g/mol. The number of aromatic nitrogens is 1. The Kier molecular flexibility index (Phi) is 3.98. The van der Waals surface area contributed by atoms with Gasteiger partial charge in [-0.2, -0.15) is 0 Å². The molecule has 2 nitrogen and oxygen atoms in total. The van der Waals surface area contributed by atoms with Gasteiger partial charge in [0.1, 0.15) is 11.5 Å². The van der Waals surface area contributed by atoms with E-state index in [9.17, 15) is 13.6 Å². The van der Waals surface area contributed by atoms with Crippen LogP contribution in [0.25, 0.3) is 22.4 Å². The van der Waals surface area contributed by atoms with Crippen LogP contribution < -0.4 is 0 Å². The molecule has 0 aliphatic carbocycles. The van der Waals surface area contributed by atoms with Gasteiger partial charge in [0.2, 0.25) is 0 Å². The van der Waals surface area contributed by atoms with E-state index in [0.717, 1.165) is 0 Å². The van der Waals surface area contributed by atoms with Crippen LogP contribution in [0.2, 0.25) is 0 Å². The quantitative estimate of drug-likeness (QED) is 0.650. The normalized spacial score (nSPS) is 10.6. The van der Waals surface area contributed by atoms with Crippen molar-refractivity contribution in [1.29, 1.82) is 0 Å². The summed E-state index contributed by atoms with van der Waals surface area (Å²) >= 11 is 0. The van der Waals surface area contributed by atoms with Crippen LogP contribution in [0.15, 0.2) is 54.7 Å². The van der Waals surface area contributed by atoms with Gasteiger partial charge in [-0.3, -0.25) is 9.78 Å². The second-order valence-corrected chi connectivity index (χ2v) is 5.22. The lowest BCUT2D eigenvalue weighted by atomic mass is 9.99. The van der Waals surface area contributed by atoms with Crippen LogP contribution in [-0.2, 0) is 0 Å². The fourth-order valence-corrected chi connectivity index (χ4v) is 2.53. The summed E-state index contributed by atoms with van der Waals surface area (Å²) in [5.41, 5.74) is 1.46. The highest BCUT2D eigenvalue weighted by Gasteiger charge is 2.18. The molecule has 0 spiro atoms. The van der Waals surface area contributed by atoms with E-state index in [1.807, 2.05) is 6.07 Å². The Hall–Kier alpha value is -2.88. The Morgan fingerprint density at radius 3 is 2.39 bits per heavy atom. The molecule has 1 aromatic heterocycles. The molecule has 0 amide bonds. The molecule has 0 aliphatic rings. The molecule has 0 aliphatic heterocycles. The van der Waals surface area contributed by atoms with Crippen molar-refractivity contribution < 1.29 is 13.6 Å². The number of hydrogen-bond acceptors (Lipinski definition) is 2. The van der Waals surface area contributed by atoms with E-state index in [2.05, 4.69) is 4.98 Å². The minimum absolute atomic E-state index is 0.0117. The number of nitrogens with zero attached hydrogens (tertiary/aromatic N) is 1. The Balaban J connectivity index is 2.23. The summed E-state index contributed by atoms with van der Waals surface area (Å²) in [4.78, 5) is 15.0. The first kappa shape index (κ1) is 15.0. The van der Waals surface area contributed by atoms with E-state index in [1.165, 1.54) is 18.3 Å². The highest BCUT2D eigenvalue weighted by atomic mass is 19.1. The molecule has 0 saturated carbocycles. The largest absolute Gasteiger partial charge is 0.298 e. The van der Waals surface area contributed by atoms with E-state index >= 15 is 0 Å². The van der Waals surface area contributed by atoms with Crippen molar-refractivity contribution in [3.05, 3.63) is 77.5 Å². The molecule has 0 bridgehead atoms. The smallest absolute Gasteiger partial charge is 0.157 e. The number of hydrogen-bond donors (Lipinski definition) is 0. The number of carbonyl (C=O) groups is 1. The van der Waals surface area contributed by atoms with Gasteiger partial charge in [0.05, 0.1) is 5.56 Å². The lowest BCUT2D eigenvalue weighted by Gasteiger charge is -2.10. The van der Waals surface area contributed by atoms with Gasteiger partial charge in [-0.15, -0.1) is 0 Å². The SMILES string of the molecule is Cc1cc(C=O)c(F)c(-c2nccc(-c3ccccc3)c2F)c1. The van der Waals surface area contributed by atoms with Crippen LogP contribution in [0.3, 0.4) is 0 Å². The van der Waals surface area contributed by atoms with Crippen molar-refractivity contribution in [1.82, 2.24) is 4.98 Å². The molecule has 114 valence electrons. The molecule has 3 rings (SSSR count). The summed E-state index contributed by atoms with van der Waals surface area (Å²) in [5, 5.41) is 0. The molecule has 2 aromatic carbocycles. The number of pyridine rings is 1. The predicted molar refractivity (Wildman–Crippen MR) is 85.1 cm³/mol. The minimum Gasteiger partial charge on any atom is -0.298 e. The van der Waals surface area contributed by atoms with Gasteiger partial charge in [0.25, 0.3) is 0 Å². The second-order valence-electron chi connectivity index (χ2n) is 5.22. The van der Waals surface area contributed by atoms with Gasteiger partial charge in [0, 0.05) is 17.3 Å². The molecule has 0 N–H and O–H groups in total. The third-order valence-corrected chi connectivity index (χ3v) is 3.60. The Morgan fingerprint density at radius 2 is 1.70 bits per heavy atom. The van der Waals surface area contributed by atoms with Gasteiger partial charge in [0.15, 0.2) is 12.1 Å². The lowest BCUT2D eigenvalue weighted by Crippen LogP contribution is -1.99. The summed E-state index contributed by atoms with van der Waals surface area (Å²) in [6.07, 6.45) is 1.86. The fourth-order valence-electron chi connectivity index (χ4n) is 2.53.